The fraction of sp³-hybridized carbons (Fsp3) is 0.727. The Bertz CT molecular complexity index is 139. The van der Waals surface area contributed by atoms with Gasteiger partial charge >= 0.3 is 0 Å². The molecule has 0 atom stereocenters. The summed E-state index contributed by atoms with van der Waals surface area (Å²) in [6.07, 6.45) is 7.51. The van der Waals surface area contributed by atoms with Gasteiger partial charge in [-0.25, -0.2) is 0 Å². The number of rotatable bonds is 4. The fourth-order valence-electron chi connectivity index (χ4n) is 1.55. The summed E-state index contributed by atoms with van der Waals surface area (Å²) in [4.78, 5) is 2.46. The second kappa shape index (κ2) is 5.36. The van der Waals surface area contributed by atoms with Crippen molar-refractivity contribution in [1.82, 2.24) is 4.90 Å². The summed E-state index contributed by atoms with van der Waals surface area (Å²) in [5.41, 5.74) is 1.44. The Balaban J connectivity index is 1.98. The third-order valence-corrected chi connectivity index (χ3v) is 2.25. The predicted molar refractivity (Wildman–Crippen MR) is 53.8 cm³/mol. The van der Waals surface area contributed by atoms with Crippen molar-refractivity contribution < 1.29 is 0 Å². The summed E-state index contributed by atoms with van der Waals surface area (Å²) in [6, 6.07) is 0. The van der Waals surface area contributed by atoms with Gasteiger partial charge in [0.15, 0.2) is 0 Å². The molecule has 12 heavy (non-hydrogen) atoms. The standard InChI is InChI=1S/C11H20N/c1-11(2)7-3-4-8-12-9-5-6-10-12/h7-8H,3-6,9-10H2,1-2H3. The molecule has 0 amide bonds. The highest BCUT2D eigenvalue weighted by Gasteiger charge is 2.09. The minimum atomic E-state index is 1.21. The van der Waals surface area contributed by atoms with Crippen LogP contribution < -0.4 is 0 Å². The second-order valence-electron chi connectivity index (χ2n) is 3.78. The average Bonchev–Trinajstić information content (AvgIpc) is 2.49. The molecule has 0 saturated carbocycles. The van der Waals surface area contributed by atoms with Crippen LogP contribution in [-0.2, 0) is 0 Å². The summed E-state index contributed by atoms with van der Waals surface area (Å²) < 4.78 is 0. The van der Waals surface area contributed by atoms with E-state index in [0.29, 0.717) is 0 Å². The zero-order chi connectivity index (χ0) is 8.81. The number of nitrogens with zero attached hydrogens (tertiary/aromatic N) is 1. The van der Waals surface area contributed by atoms with Crippen LogP contribution >= 0.6 is 0 Å². The van der Waals surface area contributed by atoms with Gasteiger partial charge in [-0.15, -0.1) is 0 Å². The van der Waals surface area contributed by atoms with Crippen molar-refractivity contribution in [3.05, 3.63) is 18.2 Å². The monoisotopic (exact) mass is 166 g/mol. The minimum absolute atomic E-state index is 1.21. The third kappa shape index (κ3) is 3.91. The number of likely N-dealkylation sites (tertiary alicyclic amines) is 1. The highest BCUT2D eigenvalue weighted by atomic mass is 15.1. The molecule has 0 spiro atoms. The van der Waals surface area contributed by atoms with Crippen molar-refractivity contribution in [3.63, 3.8) is 0 Å². The first-order chi connectivity index (χ1) is 5.79. The molecule has 1 heterocycles. The zero-order valence-electron chi connectivity index (χ0n) is 8.34. The molecule has 0 N–H and O–H groups in total. The summed E-state index contributed by atoms with van der Waals surface area (Å²) in [6.45, 7) is 9.27. The number of unbranched alkanes of at least 4 members (excludes halogenated alkanes) is 1. The first-order valence-corrected chi connectivity index (χ1v) is 5.00. The maximum Gasteiger partial charge on any atom is 0.0254 e. The Morgan fingerprint density at radius 2 is 1.83 bits per heavy atom. The number of allylic oxidation sites excluding steroid dienone is 2. The van der Waals surface area contributed by atoms with Crippen LogP contribution in [0.5, 0.6) is 0 Å². The molecule has 1 fully saturated rings. The maximum absolute atomic E-state index is 2.46. The van der Waals surface area contributed by atoms with Gasteiger partial charge < -0.3 is 0 Å². The van der Waals surface area contributed by atoms with Gasteiger partial charge in [-0.2, -0.15) is 0 Å². The first-order valence-electron chi connectivity index (χ1n) is 5.00. The molecule has 0 aromatic heterocycles. The van der Waals surface area contributed by atoms with Gasteiger partial charge in [-0.3, -0.25) is 4.90 Å². The van der Waals surface area contributed by atoms with E-state index in [0.717, 1.165) is 0 Å². The van der Waals surface area contributed by atoms with E-state index in [-0.39, 0.29) is 0 Å². The lowest BCUT2D eigenvalue weighted by Gasteiger charge is -2.12. The van der Waals surface area contributed by atoms with Crippen molar-refractivity contribution in [1.29, 1.82) is 0 Å². The summed E-state index contributed by atoms with van der Waals surface area (Å²) >= 11 is 0. The molecule has 0 aliphatic carbocycles. The van der Waals surface area contributed by atoms with Crippen molar-refractivity contribution in [2.24, 2.45) is 0 Å². The van der Waals surface area contributed by atoms with E-state index in [1.807, 2.05) is 0 Å². The fourth-order valence-corrected chi connectivity index (χ4v) is 1.55. The van der Waals surface area contributed by atoms with Crippen LogP contribution in [-0.4, -0.2) is 18.0 Å². The lowest BCUT2D eigenvalue weighted by molar-refractivity contribution is 0.400. The van der Waals surface area contributed by atoms with E-state index in [2.05, 4.69) is 31.4 Å². The molecule has 1 rings (SSSR count). The zero-order valence-corrected chi connectivity index (χ0v) is 8.34. The molecule has 0 unspecified atom stereocenters. The number of hydrogen-bond acceptors (Lipinski definition) is 1. The molecule has 1 aliphatic heterocycles. The largest absolute Gasteiger partial charge is 0.299 e. The van der Waals surface area contributed by atoms with E-state index >= 15 is 0 Å². The highest BCUT2D eigenvalue weighted by Crippen LogP contribution is 2.11. The van der Waals surface area contributed by atoms with Crippen LogP contribution in [0.15, 0.2) is 11.6 Å². The topological polar surface area (TPSA) is 3.24 Å². The van der Waals surface area contributed by atoms with Gasteiger partial charge in [-0.1, -0.05) is 11.6 Å². The molecule has 1 heteroatoms. The lowest BCUT2D eigenvalue weighted by atomic mass is 10.2. The molecule has 1 aliphatic rings. The smallest absolute Gasteiger partial charge is 0.0254 e. The van der Waals surface area contributed by atoms with Crippen molar-refractivity contribution in [2.75, 3.05) is 13.1 Å². The third-order valence-electron chi connectivity index (χ3n) is 2.25. The Labute approximate surface area is 76.5 Å². The van der Waals surface area contributed by atoms with Crippen LogP contribution in [0.3, 0.4) is 0 Å². The van der Waals surface area contributed by atoms with Crippen LogP contribution in [0, 0.1) is 6.54 Å². The molecule has 69 valence electrons. The molecule has 0 aromatic carbocycles. The minimum Gasteiger partial charge on any atom is -0.299 e. The normalized spacial score (nSPS) is 18.2. The van der Waals surface area contributed by atoms with Crippen molar-refractivity contribution in [3.8, 4) is 0 Å². The van der Waals surface area contributed by atoms with E-state index < -0.39 is 0 Å². The lowest BCUT2D eigenvalue weighted by Crippen LogP contribution is -2.14. The maximum atomic E-state index is 2.46. The molecule has 1 radical (unpaired) electrons. The number of hydrogen-bond donors (Lipinski definition) is 0. The quantitative estimate of drug-likeness (QED) is 0.458. The van der Waals surface area contributed by atoms with Crippen LogP contribution in [0.4, 0.5) is 0 Å². The molecule has 0 aromatic rings. The molecule has 1 saturated heterocycles. The SMILES string of the molecule is CC(C)=CCC[CH]N1CCCC1. The molecule has 1 nitrogen and oxygen atoms in total. The Morgan fingerprint density at radius 3 is 2.42 bits per heavy atom. The van der Waals surface area contributed by atoms with Crippen molar-refractivity contribution in [2.45, 2.75) is 39.5 Å². The highest BCUT2D eigenvalue weighted by molar-refractivity contribution is 4.93. The molecular formula is C11H20N. The van der Waals surface area contributed by atoms with E-state index in [1.165, 1.54) is 44.3 Å². The first kappa shape index (κ1) is 9.79. The molecule has 0 bridgehead atoms. The van der Waals surface area contributed by atoms with Crippen LogP contribution in [0.25, 0.3) is 0 Å². The summed E-state index contributed by atoms with van der Waals surface area (Å²) in [5, 5.41) is 0. The van der Waals surface area contributed by atoms with Crippen LogP contribution in [0.1, 0.15) is 39.5 Å². The van der Waals surface area contributed by atoms with E-state index in [4.69, 9.17) is 0 Å². The van der Waals surface area contributed by atoms with Gasteiger partial charge in [0.1, 0.15) is 0 Å². The molecular weight excluding hydrogens is 146 g/mol. The van der Waals surface area contributed by atoms with Gasteiger partial charge in [0.2, 0.25) is 0 Å². The predicted octanol–water partition coefficient (Wildman–Crippen LogP) is 2.99. The Morgan fingerprint density at radius 1 is 1.17 bits per heavy atom. The van der Waals surface area contributed by atoms with E-state index in [1.54, 1.807) is 0 Å². The van der Waals surface area contributed by atoms with Crippen LogP contribution in [0.2, 0.25) is 0 Å². The Hall–Kier alpha value is -0.300. The van der Waals surface area contributed by atoms with Gasteiger partial charge in [-0.05, 0) is 52.6 Å². The second-order valence-corrected chi connectivity index (χ2v) is 3.78. The van der Waals surface area contributed by atoms with Crippen molar-refractivity contribution >= 4 is 0 Å². The van der Waals surface area contributed by atoms with Gasteiger partial charge in [0.25, 0.3) is 0 Å². The Kier molecular flexibility index (Phi) is 4.37. The van der Waals surface area contributed by atoms with E-state index in [9.17, 15) is 0 Å². The van der Waals surface area contributed by atoms with Gasteiger partial charge in [0.05, 0.1) is 0 Å². The average molecular weight is 166 g/mol. The summed E-state index contributed by atoms with van der Waals surface area (Å²) in [5.74, 6) is 0. The van der Waals surface area contributed by atoms with Gasteiger partial charge in [0, 0.05) is 6.54 Å². The summed E-state index contributed by atoms with van der Waals surface area (Å²) in [7, 11) is 0.